The van der Waals surface area contributed by atoms with Gasteiger partial charge in [0.15, 0.2) is 0 Å². The van der Waals surface area contributed by atoms with Gasteiger partial charge in [0, 0.05) is 17.6 Å². The van der Waals surface area contributed by atoms with Gasteiger partial charge in [-0.25, -0.2) is 0 Å². The normalized spacial score (nSPS) is 22.1. The number of rotatable bonds is 3. The molecule has 0 aromatic heterocycles. The molecule has 0 bridgehead atoms. The molecule has 0 spiro atoms. The van der Waals surface area contributed by atoms with Crippen LogP contribution in [-0.4, -0.2) is 20.4 Å². The third kappa shape index (κ3) is 2.71. The second-order valence-corrected chi connectivity index (χ2v) is 13.7. The summed E-state index contributed by atoms with van der Waals surface area (Å²) in [6.45, 7) is 4.74. The van der Waals surface area contributed by atoms with Crippen molar-refractivity contribution >= 4 is 25.7 Å². The Morgan fingerprint density at radius 1 is 0.905 bits per heavy atom. The Labute approximate surface area is 128 Å². The first kappa shape index (κ1) is 14.6. The zero-order chi connectivity index (χ0) is 14.9. The SMILES string of the molecule is C[Si](C)(C1=CCP(=O)(c2ccccc2)C1)c1ccccc1. The van der Waals surface area contributed by atoms with Crippen molar-refractivity contribution in [3.05, 3.63) is 71.9 Å². The van der Waals surface area contributed by atoms with Gasteiger partial charge in [0.25, 0.3) is 0 Å². The summed E-state index contributed by atoms with van der Waals surface area (Å²) in [6, 6.07) is 20.7. The molecular formula is C18H21OPSi. The predicted octanol–water partition coefficient (Wildman–Crippen LogP) is 3.77. The van der Waals surface area contributed by atoms with Gasteiger partial charge in [0.2, 0.25) is 0 Å². The van der Waals surface area contributed by atoms with Crippen LogP contribution in [0.15, 0.2) is 71.9 Å². The van der Waals surface area contributed by atoms with E-state index in [1.54, 1.807) is 0 Å². The summed E-state index contributed by atoms with van der Waals surface area (Å²) >= 11 is 0. The van der Waals surface area contributed by atoms with Crippen LogP contribution in [0.5, 0.6) is 0 Å². The maximum atomic E-state index is 13.3. The molecule has 1 aliphatic heterocycles. The van der Waals surface area contributed by atoms with Gasteiger partial charge in [-0.15, -0.1) is 0 Å². The molecule has 2 aromatic rings. The molecule has 1 unspecified atom stereocenters. The van der Waals surface area contributed by atoms with E-state index in [0.717, 1.165) is 17.6 Å². The second-order valence-electron chi connectivity index (χ2n) is 6.29. The first-order valence-electron chi connectivity index (χ1n) is 7.41. The largest absolute Gasteiger partial charge is 0.318 e. The molecule has 0 radical (unpaired) electrons. The van der Waals surface area contributed by atoms with E-state index in [0.29, 0.717) is 0 Å². The second kappa shape index (κ2) is 5.44. The zero-order valence-electron chi connectivity index (χ0n) is 12.6. The summed E-state index contributed by atoms with van der Waals surface area (Å²) in [5.41, 5.74) is 0. The summed E-state index contributed by atoms with van der Waals surface area (Å²) in [5, 5.41) is 3.91. The molecule has 0 N–H and O–H groups in total. The van der Waals surface area contributed by atoms with Crippen molar-refractivity contribution in [2.75, 3.05) is 12.3 Å². The van der Waals surface area contributed by atoms with Crippen LogP contribution < -0.4 is 10.5 Å². The predicted molar refractivity (Wildman–Crippen MR) is 95.1 cm³/mol. The standard InChI is InChI=1S/C18H21OPSi/c1-21(2,17-11-7-4-8-12-17)18-13-14-20(19,15-18)16-9-5-3-6-10-16/h3-13H,14-15H2,1-2H3. The number of benzene rings is 2. The highest BCUT2D eigenvalue weighted by molar-refractivity contribution is 7.72. The minimum atomic E-state index is -2.25. The first-order chi connectivity index (χ1) is 10.0. The van der Waals surface area contributed by atoms with Crippen LogP contribution in [0.3, 0.4) is 0 Å². The molecule has 3 rings (SSSR count). The average molecular weight is 312 g/mol. The zero-order valence-corrected chi connectivity index (χ0v) is 14.5. The number of hydrogen-bond acceptors (Lipinski definition) is 1. The Hall–Kier alpha value is -1.37. The van der Waals surface area contributed by atoms with Crippen molar-refractivity contribution in [1.29, 1.82) is 0 Å². The summed E-state index contributed by atoms with van der Waals surface area (Å²) in [7, 11) is -3.93. The topological polar surface area (TPSA) is 17.1 Å². The lowest BCUT2D eigenvalue weighted by Gasteiger charge is -2.25. The minimum Gasteiger partial charge on any atom is -0.318 e. The van der Waals surface area contributed by atoms with Crippen molar-refractivity contribution in [2.45, 2.75) is 13.1 Å². The molecule has 3 heteroatoms. The summed E-state index contributed by atoms with van der Waals surface area (Å²) in [5.74, 6) is 0. The summed E-state index contributed by atoms with van der Waals surface area (Å²) in [6.07, 6.45) is 3.77. The van der Waals surface area contributed by atoms with Gasteiger partial charge in [-0.1, -0.05) is 90.2 Å². The van der Waals surface area contributed by atoms with Crippen molar-refractivity contribution in [2.24, 2.45) is 0 Å². The van der Waals surface area contributed by atoms with E-state index in [1.165, 1.54) is 10.4 Å². The van der Waals surface area contributed by atoms with E-state index >= 15 is 0 Å². The maximum Gasteiger partial charge on any atom is 0.122 e. The molecule has 108 valence electrons. The Bertz CT molecular complexity index is 705. The number of allylic oxidation sites excluding steroid dienone is 2. The monoisotopic (exact) mass is 312 g/mol. The molecule has 21 heavy (non-hydrogen) atoms. The maximum absolute atomic E-state index is 13.3. The lowest BCUT2D eigenvalue weighted by atomic mass is 10.4. The smallest absolute Gasteiger partial charge is 0.122 e. The summed E-state index contributed by atoms with van der Waals surface area (Å²) < 4.78 is 13.3. The van der Waals surface area contributed by atoms with Gasteiger partial charge < -0.3 is 4.57 Å². The molecule has 1 heterocycles. The van der Waals surface area contributed by atoms with Gasteiger partial charge in [-0.3, -0.25) is 0 Å². The van der Waals surface area contributed by atoms with Crippen molar-refractivity contribution in [1.82, 2.24) is 0 Å². The van der Waals surface area contributed by atoms with E-state index in [1.807, 2.05) is 30.3 Å². The molecule has 0 aliphatic carbocycles. The minimum absolute atomic E-state index is 0.732. The highest BCUT2D eigenvalue weighted by Gasteiger charge is 2.38. The van der Waals surface area contributed by atoms with Crippen LogP contribution >= 0.6 is 7.14 Å². The van der Waals surface area contributed by atoms with Crippen molar-refractivity contribution < 1.29 is 4.57 Å². The van der Waals surface area contributed by atoms with Crippen LogP contribution in [0.1, 0.15) is 0 Å². The number of hydrogen-bond donors (Lipinski definition) is 0. The fourth-order valence-electron chi connectivity index (χ4n) is 3.05. The summed E-state index contributed by atoms with van der Waals surface area (Å²) in [4.78, 5) is 0. The molecule has 0 saturated heterocycles. The van der Waals surface area contributed by atoms with Crippen LogP contribution in [0.2, 0.25) is 13.1 Å². The van der Waals surface area contributed by atoms with Gasteiger partial charge in [-0.2, -0.15) is 0 Å². The van der Waals surface area contributed by atoms with Crippen LogP contribution in [0, 0.1) is 0 Å². The molecule has 0 fully saturated rings. The fraction of sp³-hybridized carbons (Fsp3) is 0.222. The Morgan fingerprint density at radius 2 is 1.48 bits per heavy atom. The van der Waals surface area contributed by atoms with E-state index in [2.05, 4.69) is 49.5 Å². The van der Waals surface area contributed by atoms with Gasteiger partial charge in [0.05, 0.1) is 0 Å². The third-order valence-electron chi connectivity index (χ3n) is 4.58. The van der Waals surface area contributed by atoms with E-state index in [9.17, 15) is 4.57 Å². The lowest BCUT2D eigenvalue weighted by molar-refractivity contribution is 0.585. The first-order valence-corrected chi connectivity index (χ1v) is 12.5. The molecule has 0 saturated carbocycles. The highest BCUT2D eigenvalue weighted by atomic mass is 31.2. The molecule has 0 amide bonds. The fourth-order valence-corrected chi connectivity index (χ4v) is 10.0. The molecule has 2 aromatic carbocycles. The van der Waals surface area contributed by atoms with Crippen LogP contribution in [-0.2, 0) is 4.57 Å². The molecular weight excluding hydrogens is 291 g/mol. The van der Waals surface area contributed by atoms with Crippen LogP contribution in [0.4, 0.5) is 0 Å². The molecule has 1 aliphatic rings. The molecule has 1 atom stereocenters. The van der Waals surface area contributed by atoms with Crippen molar-refractivity contribution in [3.63, 3.8) is 0 Å². The quantitative estimate of drug-likeness (QED) is 0.623. The van der Waals surface area contributed by atoms with Crippen LogP contribution in [0.25, 0.3) is 0 Å². The molecule has 1 nitrogen and oxygen atoms in total. The van der Waals surface area contributed by atoms with Gasteiger partial charge >= 0.3 is 0 Å². The van der Waals surface area contributed by atoms with Gasteiger partial charge in [0.1, 0.15) is 15.2 Å². The van der Waals surface area contributed by atoms with E-state index < -0.39 is 15.2 Å². The third-order valence-corrected chi connectivity index (χ3v) is 11.5. The van der Waals surface area contributed by atoms with Gasteiger partial charge in [-0.05, 0) is 0 Å². The average Bonchev–Trinajstić information content (AvgIpc) is 2.94. The Morgan fingerprint density at radius 3 is 2.10 bits per heavy atom. The van der Waals surface area contributed by atoms with E-state index in [-0.39, 0.29) is 0 Å². The van der Waals surface area contributed by atoms with E-state index in [4.69, 9.17) is 0 Å². The Balaban J connectivity index is 1.89. The van der Waals surface area contributed by atoms with Crippen molar-refractivity contribution in [3.8, 4) is 0 Å². The Kier molecular flexibility index (Phi) is 3.77. The highest BCUT2D eigenvalue weighted by Crippen LogP contribution is 2.51. The lowest BCUT2D eigenvalue weighted by Crippen LogP contribution is -2.44.